The van der Waals surface area contributed by atoms with E-state index < -0.39 is 0 Å². The van der Waals surface area contributed by atoms with Gasteiger partial charge in [-0.25, -0.2) is 4.98 Å². The number of amides is 1. The third kappa shape index (κ3) is 5.79. The maximum absolute atomic E-state index is 12.8. The molecular weight excluding hydrogens is 430 g/mol. The molecule has 0 fully saturated rings. The van der Waals surface area contributed by atoms with Crippen LogP contribution in [0.5, 0.6) is 0 Å². The molecule has 4 rings (SSSR count). The summed E-state index contributed by atoms with van der Waals surface area (Å²) in [6.07, 6.45) is 2.60. The Morgan fingerprint density at radius 1 is 0.909 bits per heavy atom. The molecule has 0 saturated carbocycles. The monoisotopic (exact) mass is 455 g/mol. The first-order valence-corrected chi connectivity index (χ1v) is 11.8. The van der Waals surface area contributed by atoms with Crippen LogP contribution in [-0.4, -0.2) is 33.5 Å². The molecule has 6 heteroatoms. The van der Waals surface area contributed by atoms with E-state index in [9.17, 15) is 9.59 Å². The minimum Gasteiger partial charge on any atom is -0.356 e. The van der Waals surface area contributed by atoms with Crippen LogP contribution in [0.25, 0.3) is 16.9 Å². The second-order valence-electron chi connectivity index (χ2n) is 7.60. The Hall–Kier alpha value is -3.64. The van der Waals surface area contributed by atoms with Gasteiger partial charge in [0.25, 0.3) is 0 Å². The molecule has 0 saturated heterocycles. The van der Waals surface area contributed by atoms with Crippen molar-refractivity contribution in [1.82, 2.24) is 14.9 Å². The fourth-order valence-electron chi connectivity index (χ4n) is 3.53. The second kappa shape index (κ2) is 10.8. The van der Waals surface area contributed by atoms with Crippen LogP contribution in [0.2, 0.25) is 0 Å². The number of nitrogens with zero attached hydrogens (tertiary/aromatic N) is 2. The Labute approximate surface area is 197 Å². The molecule has 0 aliphatic rings. The first-order valence-electron chi connectivity index (χ1n) is 10.8. The Kier molecular flexibility index (Phi) is 7.37. The molecule has 5 nitrogen and oxygen atoms in total. The Morgan fingerprint density at radius 3 is 2.24 bits per heavy atom. The number of hydrogen-bond donors (Lipinski definition) is 1. The van der Waals surface area contributed by atoms with E-state index in [1.807, 2.05) is 79.0 Å². The molecule has 0 aliphatic heterocycles. The van der Waals surface area contributed by atoms with E-state index in [0.29, 0.717) is 17.9 Å². The summed E-state index contributed by atoms with van der Waals surface area (Å²) in [6, 6.07) is 27.8. The molecule has 0 unspecified atom stereocenters. The second-order valence-corrected chi connectivity index (χ2v) is 8.55. The van der Waals surface area contributed by atoms with Crippen molar-refractivity contribution < 1.29 is 9.59 Å². The van der Waals surface area contributed by atoms with E-state index in [2.05, 4.69) is 27.0 Å². The van der Waals surface area contributed by atoms with Crippen molar-refractivity contribution in [1.29, 1.82) is 0 Å². The number of imidazole rings is 1. The molecule has 1 aromatic heterocycles. The number of carbonyl (C=O) groups excluding carboxylic acids is 2. The van der Waals surface area contributed by atoms with Crippen molar-refractivity contribution in [2.24, 2.45) is 0 Å². The number of Topliss-reactive ketones (excluding diaryl/α,β-unsaturated/α-hetero) is 1. The van der Waals surface area contributed by atoms with E-state index in [1.54, 1.807) is 0 Å². The molecule has 166 valence electrons. The van der Waals surface area contributed by atoms with Gasteiger partial charge in [0.2, 0.25) is 5.91 Å². The molecule has 1 N–H and O–H groups in total. The number of thioether (sulfide) groups is 1. The zero-order chi connectivity index (χ0) is 23.0. The van der Waals surface area contributed by atoms with Crippen molar-refractivity contribution in [3.8, 4) is 16.9 Å². The molecule has 0 atom stereocenters. The summed E-state index contributed by atoms with van der Waals surface area (Å²) in [5.41, 5.74) is 4.82. The third-order valence-corrected chi connectivity index (χ3v) is 6.16. The topological polar surface area (TPSA) is 64.0 Å². The lowest BCUT2D eigenvalue weighted by Gasteiger charge is -2.12. The lowest BCUT2D eigenvalue weighted by atomic mass is 10.1. The molecular formula is C27H25N3O2S. The van der Waals surface area contributed by atoms with Gasteiger partial charge in [0.05, 0.1) is 17.6 Å². The van der Waals surface area contributed by atoms with Gasteiger partial charge in [-0.2, -0.15) is 0 Å². The first-order chi connectivity index (χ1) is 16.1. The van der Waals surface area contributed by atoms with Crippen molar-refractivity contribution >= 4 is 23.5 Å². The number of ketones is 1. The molecule has 4 aromatic rings. The predicted octanol–water partition coefficient (Wildman–Crippen LogP) is 5.19. The summed E-state index contributed by atoms with van der Waals surface area (Å²) in [6.45, 7) is 2.09. The standard InChI is InChI=1S/C27H25N3O2S/c1-20(31)28-17-16-21-12-14-23(15-13-21)26(32)19-33-27-29-18-25(22-8-4-2-5-9-22)30(27)24-10-6-3-7-11-24/h2-15,18H,16-17,19H2,1H3,(H,28,31). The van der Waals surface area contributed by atoms with Gasteiger partial charge in [-0.3, -0.25) is 14.2 Å². The molecule has 0 spiro atoms. The minimum atomic E-state index is -0.0388. The van der Waals surface area contributed by atoms with Crippen molar-refractivity contribution in [2.75, 3.05) is 12.3 Å². The highest BCUT2D eigenvalue weighted by atomic mass is 32.2. The van der Waals surface area contributed by atoms with Gasteiger partial charge in [-0.15, -0.1) is 0 Å². The number of carbonyl (C=O) groups is 2. The van der Waals surface area contributed by atoms with Crippen LogP contribution in [0.4, 0.5) is 0 Å². The molecule has 1 heterocycles. The third-order valence-electron chi connectivity index (χ3n) is 5.21. The molecule has 1 amide bonds. The number of rotatable bonds is 9. The number of hydrogen-bond acceptors (Lipinski definition) is 4. The normalized spacial score (nSPS) is 10.7. The van der Waals surface area contributed by atoms with Crippen LogP contribution in [0.3, 0.4) is 0 Å². The Morgan fingerprint density at radius 2 is 1.58 bits per heavy atom. The number of para-hydroxylation sites is 1. The number of benzene rings is 3. The maximum Gasteiger partial charge on any atom is 0.216 e. The van der Waals surface area contributed by atoms with Crippen LogP contribution >= 0.6 is 11.8 Å². The fourth-order valence-corrected chi connectivity index (χ4v) is 4.42. The summed E-state index contributed by atoms with van der Waals surface area (Å²) >= 11 is 1.44. The van der Waals surface area contributed by atoms with E-state index in [1.165, 1.54) is 18.7 Å². The summed E-state index contributed by atoms with van der Waals surface area (Å²) in [5, 5.41) is 3.56. The molecule has 0 radical (unpaired) electrons. The highest BCUT2D eigenvalue weighted by Gasteiger charge is 2.16. The molecule has 0 aliphatic carbocycles. The smallest absolute Gasteiger partial charge is 0.216 e. The van der Waals surface area contributed by atoms with Gasteiger partial charge in [0.1, 0.15) is 0 Å². The number of nitrogens with one attached hydrogen (secondary N) is 1. The highest BCUT2D eigenvalue weighted by Crippen LogP contribution is 2.30. The Bertz CT molecular complexity index is 1220. The van der Waals surface area contributed by atoms with Crippen LogP contribution < -0.4 is 5.32 Å². The average molecular weight is 456 g/mol. The van der Waals surface area contributed by atoms with Gasteiger partial charge in [0.15, 0.2) is 10.9 Å². The molecule has 33 heavy (non-hydrogen) atoms. The van der Waals surface area contributed by atoms with Crippen LogP contribution in [0, 0.1) is 0 Å². The minimum absolute atomic E-state index is 0.0388. The maximum atomic E-state index is 12.8. The average Bonchev–Trinajstić information content (AvgIpc) is 3.28. The van der Waals surface area contributed by atoms with Crippen molar-refractivity contribution in [3.63, 3.8) is 0 Å². The van der Waals surface area contributed by atoms with Gasteiger partial charge < -0.3 is 5.32 Å². The number of aromatic nitrogens is 2. The fraction of sp³-hybridized carbons (Fsp3) is 0.148. The van der Waals surface area contributed by atoms with E-state index in [0.717, 1.165) is 34.1 Å². The van der Waals surface area contributed by atoms with Gasteiger partial charge >= 0.3 is 0 Å². The zero-order valence-electron chi connectivity index (χ0n) is 18.4. The molecule has 3 aromatic carbocycles. The SMILES string of the molecule is CC(=O)NCCc1ccc(C(=O)CSc2ncc(-c3ccccc3)n2-c2ccccc2)cc1. The van der Waals surface area contributed by atoms with E-state index in [4.69, 9.17) is 0 Å². The summed E-state index contributed by atoms with van der Waals surface area (Å²) in [4.78, 5) is 28.5. The van der Waals surface area contributed by atoms with E-state index >= 15 is 0 Å². The van der Waals surface area contributed by atoms with Crippen molar-refractivity contribution in [3.05, 3.63) is 102 Å². The van der Waals surface area contributed by atoms with Crippen LogP contribution in [0.1, 0.15) is 22.8 Å². The lowest BCUT2D eigenvalue weighted by Crippen LogP contribution is -2.22. The summed E-state index contributed by atoms with van der Waals surface area (Å²) in [5.74, 6) is 0.309. The predicted molar refractivity (Wildman–Crippen MR) is 133 cm³/mol. The largest absolute Gasteiger partial charge is 0.356 e. The van der Waals surface area contributed by atoms with Gasteiger partial charge in [-0.1, -0.05) is 84.6 Å². The summed E-state index contributed by atoms with van der Waals surface area (Å²) in [7, 11) is 0. The van der Waals surface area contributed by atoms with Gasteiger partial charge in [0, 0.05) is 30.3 Å². The van der Waals surface area contributed by atoms with Crippen molar-refractivity contribution in [2.45, 2.75) is 18.5 Å². The Balaban J connectivity index is 1.49. The zero-order valence-corrected chi connectivity index (χ0v) is 19.2. The van der Waals surface area contributed by atoms with Crippen LogP contribution in [-0.2, 0) is 11.2 Å². The van der Waals surface area contributed by atoms with Crippen LogP contribution in [0.15, 0.2) is 96.3 Å². The molecule has 0 bridgehead atoms. The van der Waals surface area contributed by atoms with Gasteiger partial charge in [-0.05, 0) is 24.1 Å². The summed E-state index contributed by atoms with van der Waals surface area (Å²) < 4.78 is 2.10. The quantitative estimate of drug-likeness (QED) is 0.279. The van der Waals surface area contributed by atoms with E-state index in [-0.39, 0.29) is 11.7 Å². The highest BCUT2D eigenvalue weighted by molar-refractivity contribution is 7.99. The lowest BCUT2D eigenvalue weighted by molar-refractivity contribution is -0.118. The first kappa shape index (κ1) is 22.6.